The molecule has 0 bridgehead atoms. The molecule has 2 saturated heterocycles. The number of rotatable bonds is 5. The molecule has 3 heterocycles. The average Bonchev–Trinajstić information content (AvgIpc) is 3.57. The van der Waals surface area contributed by atoms with E-state index in [1.807, 2.05) is 13.0 Å². The predicted molar refractivity (Wildman–Crippen MR) is 125 cm³/mol. The van der Waals surface area contributed by atoms with Gasteiger partial charge in [-0.2, -0.15) is 0 Å². The number of amides is 1. The van der Waals surface area contributed by atoms with Crippen LogP contribution in [0.3, 0.4) is 0 Å². The minimum atomic E-state index is -2.65. The maximum absolute atomic E-state index is 13.6. The molecular formula is C24H27F2N5O3. The van der Waals surface area contributed by atoms with Crippen LogP contribution in [-0.2, 0) is 0 Å². The monoisotopic (exact) mass is 471 g/mol. The van der Waals surface area contributed by atoms with Crippen molar-refractivity contribution < 1.29 is 18.5 Å². The van der Waals surface area contributed by atoms with Crippen LogP contribution in [0.4, 0.5) is 31.8 Å². The van der Waals surface area contributed by atoms with E-state index in [9.17, 15) is 23.7 Å². The van der Waals surface area contributed by atoms with Gasteiger partial charge in [-0.15, -0.1) is 0 Å². The van der Waals surface area contributed by atoms with Gasteiger partial charge in [-0.25, -0.2) is 13.8 Å². The number of benzene rings is 1. The summed E-state index contributed by atoms with van der Waals surface area (Å²) in [6.45, 7) is 3.80. The lowest BCUT2D eigenvalue weighted by Crippen LogP contribution is -2.39. The second kappa shape index (κ2) is 8.48. The van der Waals surface area contributed by atoms with E-state index >= 15 is 0 Å². The molecule has 1 aromatic carbocycles. The fraction of sp³-hybridized carbons (Fsp3) is 0.500. The molecule has 2 aliphatic heterocycles. The molecule has 8 nitrogen and oxygen atoms in total. The van der Waals surface area contributed by atoms with Crippen molar-refractivity contribution in [1.82, 2.24) is 4.98 Å². The Bertz CT molecular complexity index is 1130. The molecule has 0 spiro atoms. The molecule has 2 unspecified atom stereocenters. The van der Waals surface area contributed by atoms with E-state index < -0.39 is 16.8 Å². The first kappa shape index (κ1) is 22.5. The number of halogens is 2. The summed E-state index contributed by atoms with van der Waals surface area (Å²) in [6, 6.07) is 7.84. The summed E-state index contributed by atoms with van der Waals surface area (Å²) in [5.74, 6) is -0.873. The van der Waals surface area contributed by atoms with E-state index in [2.05, 4.69) is 15.2 Å². The molecule has 34 heavy (non-hydrogen) atoms. The summed E-state index contributed by atoms with van der Waals surface area (Å²) < 4.78 is 27.1. The minimum absolute atomic E-state index is 0.0534. The van der Waals surface area contributed by atoms with Gasteiger partial charge in [-0.3, -0.25) is 14.9 Å². The van der Waals surface area contributed by atoms with Crippen LogP contribution in [0.1, 0.15) is 41.6 Å². The average molecular weight is 472 g/mol. The van der Waals surface area contributed by atoms with E-state index in [1.165, 1.54) is 24.6 Å². The molecule has 0 radical (unpaired) electrons. The summed E-state index contributed by atoms with van der Waals surface area (Å²) in [4.78, 5) is 32.6. The van der Waals surface area contributed by atoms with Gasteiger partial charge >= 0.3 is 0 Å². The first-order chi connectivity index (χ1) is 16.2. The standard InChI is InChI=1S/C24H27F2N5O3/c1-15-10-21(27-22(11-15)29-8-5-24(25,26)6-9-29)28-23(32)19-3-2-18(31(33)34)13-20(19)30-7-4-16-12-17(16)14-30/h2-3,10-11,13,16-17H,4-9,12,14H2,1H3,(H,27,28,32). The number of aromatic nitrogens is 1. The molecule has 1 N–H and O–H groups in total. The topological polar surface area (TPSA) is 91.6 Å². The van der Waals surface area contributed by atoms with E-state index in [0.29, 0.717) is 28.8 Å². The summed E-state index contributed by atoms with van der Waals surface area (Å²) in [5.41, 5.74) is 1.70. The number of nitro groups is 1. The number of hydrogen-bond acceptors (Lipinski definition) is 6. The summed E-state index contributed by atoms with van der Waals surface area (Å²) in [6.07, 6.45) is 1.74. The zero-order valence-electron chi connectivity index (χ0n) is 19.0. The van der Waals surface area contributed by atoms with Gasteiger partial charge in [0.25, 0.3) is 17.5 Å². The van der Waals surface area contributed by atoms with Gasteiger partial charge < -0.3 is 15.1 Å². The van der Waals surface area contributed by atoms with E-state index in [0.717, 1.165) is 31.0 Å². The summed E-state index contributed by atoms with van der Waals surface area (Å²) >= 11 is 0. The number of carbonyl (C=O) groups excluding carboxylic acids is 1. The predicted octanol–water partition coefficient (Wildman–Crippen LogP) is 4.63. The molecule has 1 aromatic heterocycles. The number of nitrogens with one attached hydrogen (secondary N) is 1. The van der Waals surface area contributed by atoms with Crippen molar-refractivity contribution in [2.24, 2.45) is 11.8 Å². The van der Waals surface area contributed by atoms with Gasteiger partial charge in [0.15, 0.2) is 0 Å². The number of non-ortho nitro benzene ring substituents is 1. The third kappa shape index (κ3) is 4.67. The number of anilines is 3. The minimum Gasteiger partial charge on any atom is -0.370 e. The zero-order chi connectivity index (χ0) is 24.0. The van der Waals surface area contributed by atoms with Crippen molar-refractivity contribution in [1.29, 1.82) is 0 Å². The van der Waals surface area contributed by atoms with Gasteiger partial charge in [-0.05, 0) is 55.4 Å². The highest BCUT2D eigenvalue weighted by atomic mass is 19.3. The summed E-state index contributed by atoms with van der Waals surface area (Å²) in [7, 11) is 0. The lowest BCUT2D eigenvalue weighted by Gasteiger charge is -2.33. The van der Waals surface area contributed by atoms with E-state index in [4.69, 9.17) is 0 Å². The Kier molecular flexibility index (Phi) is 5.61. The highest BCUT2D eigenvalue weighted by Crippen LogP contribution is 2.46. The molecule has 5 rings (SSSR count). The Labute approximate surface area is 196 Å². The quantitative estimate of drug-likeness (QED) is 0.505. The Morgan fingerprint density at radius 2 is 1.91 bits per heavy atom. The number of carbonyl (C=O) groups is 1. The molecule has 3 fully saturated rings. The largest absolute Gasteiger partial charge is 0.370 e. The second-order valence-electron chi connectivity index (χ2n) is 9.63. The molecule has 3 aliphatic rings. The van der Waals surface area contributed by atoms with E-state index in [1.54, 1.807) is 11.0 Å². The van der Waals surface area contributed by atoms with Gasteiger partial charge in [0, 0.05) is 51.2 Å². The number of nitro benzene ring substituents is 1. The second-order valence-corrected chi connectivity index (χ2v) is 9.63. The number of aryl methyl sites for hydroxylation is 1. The van der Waals surface area contributed by atoms with Crippen molar-refractivity contribution in [3.05, 3.63) is 51.6 Å². The van der Waals surface area contributed by atoms with Crippen molar-refractivity contribution in [2.75, 3.05) is 41.3 Å². The smallest absolute Gasteiger partial charge is 0.271 e. The molecule has 2 aromatic rings. The number of pyridine rings is 1. The van der Waals surface area contributed by atoms with Crippen molar-refractivity contribution in [2.45, 2.75) is 38.5 Å². The highest BCUT2D eigenvalue weighted by molar-refractivity contribution is 6.08. The van der Waals surface area contributed by atoms with Crippen LogP contribution in [0.5, 0.6) is 0 Å². The van der Waals surface area contributed by atoms with Crippen LogP contribution in [0.15, 0.2) is 30.3 Å². The third-order valence-electron chi connectivity index (χ3n) is 7.09. The molecule has 1 saturated carbocycles. The van der Waals surface area contributed by atoms with E-state index in [-0.39, 0.29) is 31.6 Å². The normalized spacial score (nSPS) is 23.3. The number of alkyl halides is 2. The zero-order valence-corrected chi connectivity index (χ0v) is 19.0. The molecule has 180 valence electrons. The maximum Gasteiger partial charge on any atom is 0.271 e. The van der Waals surface area contributed by atoms with Gasteiger partial charge in [-0.1, -0.05) is 0 Å². The number of hydrogen-bond donors (Lipinski definition) is 1. The van der Waals surface area contributed by atoms with Crippen LogP contribution < -0.4 is 15.1 Å². The Morgan fingerprint density at radius 3 is 2.62 bits per heavy atom. The van der Waals surface area contributed by atoms with Gasteiger partial charge in [0.1, 0.15) is 11.6 Å². The fourth-order valence-electron chi connectivity index (χ4n) is 5.01. The number of nitrogens with zero attached hydrogens (tertiary/aromatic N) is 4. The number of piperidine rings is 2. The lowest BCUT2D eigenvalue weighted by atomic mass is 10.1. The molecule has 1 amide bonds. The SMILES string of the molecule is Cc1cc(NC(=O)c2ccc([N+](=O)[O-])cc2N2CCC3CC3C2)nc(N2CCC(F)(F)CC2)c1. The first-order valence-electron chi connectivity index (χ1n) is 11.6. The van der Waals surface area contributed by atoms with Gasteiger partial charge in [0.2, 0.25) is 0 Å². The maximum atomic E-state index is 13.6. The Hall–Kier alpha value is -3.30. The Balaban J connectivity index is 1.39. The van der Waals surface area contributed by atoms with Crippen molar-refractivity contribution in [3.8, 4) is 0 Å². The Morgan fingerprint density at radius 1 is 1.15 bits per heavy atom. The first-order valence-corrected chi connectivity index (χ1v) is 11.6. The van der Waals surface area contributed by atoms with Crippen molar-refractivity contribution in [3.63, 3.8) is 0 Å². The van der Waals surface area contributed by atoms with Crippen LogP contribution in [0, 0.1) is 28.9 Å². The van der Waals surface area contributed by atoms with Gasteiger partial charge in [0.05, 0.1) is 16.2 Å². The van der Waals surface area contributed by atoms with Crippen LogP contribution >= 0.6 is 0 Å². The fourth-order valence-corrected chi connectivity index (χ4v) is 5.01. The summed E-state index contributed by atoms with van der Waals surface area (Å²) in [5, 5.41) is 14.2. The molecule has 1 aliphatic carbocycles. The molecular weight excluding hydrogens is 444 g/mol. The number of fused-ring (bicyclic) bond motifs is 1. The molecule has 10 heteroatoms. The highest BCUT2D eigenvalue weighted by Gasteiger charge is 2.42. The lowest BCUT2D eigenvalue weighted by molar-refractivity contribution is -0.384. The third-order valence-corrected chi connectivity index (χ3v) is 7.09. The van der Waals surface area contributed by atoms with Crippen LogP contribution in [0.2, 0.25) is 0 Å². The van der Waals surface area contributed by atoms with Crippen molar-refractivity contribution >= 4 is 28.9 Å². The van der Waals surface area contributed by atoms with Crippen LogP contribution in [-0.4, -0.2) is 47.9 Å². The van der Waals surface area contributed by atoms with Crippen LogP contribution in [0.25, 0.3) is 0 Å². The molecule has 2 atom stereocenters.